The number of carboxylic acids is 1. The van der Waals surface area contributed by atoms with Crippen LogP contribution in [0.3, 0.4) is 0 Å². The first-order valence-corrected chi connectivity index (χ1v) is 11.8. The molecular formula is C28H28O3S. The van der Waals surface area contributed by atoms with E-state index in [1.807, 2.05) is 29.0 Å². The molecule has 0 spiro atoms. The molecule has 0 saturated carbocycles. The van der Waals surface area contributed by atoms with Gasteiger partial charge in [0, 0.05) is 16.5 Å². The van der Waals surface area contributed by atoms with Crippen LogP contribution in [0.5, 0.6) is 0 Å². The Hall–Kier alpha value is -2.98. The topological polar surface area (TPSA) is 54.4 Å². The second kappa shape index (κ2) is 8.18. The zero-order chi connectivity index (χ0) is 23.1. The molecule has 0 atom stereocenters. The lowest BCUT2D eigenvalue weighted by molar-refractivity contribution is 0.0696. The largest absolute Gasteiger partial charge is 0.478 e. The van der Waals surface area contributed by atoms with E-state index in [9.17, 15) is 9.59 Å². The molecule has 1 aromatic heterocycles. The van der Waals surface area contributed by atoms with Gasteiger partial charge < -0.3 is 5.11 Å². The van der Waals surface area contributed by atoms with Gasteiger partial charge in [0.1, 0.15) is 0 Å². The van der Waals surface area contributed by atoms with E-state index in [2.05, 4.69) is 39.8 Å². The molecule has 4 heteroatoms. The zero-order valence-electron chi connectivity index (χ0n) is 18.9. The van der Waals surface area contributed by atoms with E-state index in [1.165, 1.54) is 22.5 Å². The third kappa shape index (κ3) is 4.20. The summed E-state index contributed by atoms with van der Waals surface area (Å²) in [5, 5.41) is 12.9. The molecular weight excluding hydrogens is 416 g/mol. The van der Waals surface area contributed by atoms with Crippen LogP contribution in [0.1, 0.15) is 89.1 Å². The van der Waals surface area contributed by atoms with Crippen molar-refractivity contribution in [3.05, 3.63) is 92.2 Å². The molecule has 32 heavy (non-hydrogen) atoms. The Kier molecular flexibility index (Phi) is 5.68. The highest BCUT2D eigenvalue weighted by Crippen LogP contribution is 2.47. The standard InChI is InChI=1S/C28H28O3S/c1-27(2)12-13-28(3,4)24-16-22(25(29)21-11-14-32-17-21)20(15-23(24)27)10-7-18-5-8-19(9-6-18)26(30)31/h5-11,14-17H,12-13H2,1-4H3,(H,30,31). The highest BCUT2D eigenvalue weighted by atomic mass is 32.1. The van der Waals surface area contributed by atoms with Gasteiger partial charge in [0.2, 0.25) is 0 Å². The molecule has 3 aromatic rings. The van der Waals surface area contributed by atoms with Crippen LogP contribution < -0.4 is 0 Å². The number of thiophene rings is 1. The van der Waals surface area contributed by atoms with Gasteiger partial charge in [-0.2, -0.15) is 11.3 Å². The van der Waals surface area contributed by atoms with Gasteiger partial charge in [0.05, 0.1) is 5.56 Å². The predicted molar refractivity (Wildman–Crippen MR) is 132 cm³/mol. The van der Waals surface area contributed by atoms with Gasteiger partial charge in [0.15, 0.2) is 5.78 Å². The van der Waals surface area contributed by atoms with E-state index < -0.39 is 5.97 Å². The summed E-state index contributed by atoms with van der Waals surface area (Å²) in [6.45, 7) is 9.08. The summed E-state index contributed by atoms with van der Waals surface area (Å²) in [4.78, 5) is 24.5. The first-order valence-electron chi connectivity index (χ1n) is 10.9. The number of rotatable bonds is 5. The summed E-state index contributed by atoms with van der Waals surface area (Å²) >= 11 is 1.52. The fourth-order valence-corrected chi connectivity index (χ4v) is 5.07. The molecule has 1 aliphatic rings. The van der Waals surface area contributed by atoms with Gasteiger partial charge in [-0.25, -0.2) is 4.79 Å². The number of carboxylic acid groups (broad SMARTS) is 1. The van der Waals surface area contributed by atoms with Crippen molar-refractivity contribution in [2.75, 3.05) is 0 Å². The Morgan fingerprint density at radius 3 is 2.06 bits per heavy atom. The maximum absolute atomic E-state index is 13.4. The molecule has 1 aliphatic carbocycles. The SMILES string of the molecule is CC1(C)CCC(C)(C)c2cc(C(=O)c3ccsc3)c(C=Cc3ccc(C(=O)O)cc3)cc21. The van der Waals surface area contributed by atoms with Crippen LogP contribution in [0.4, 0.5) is 0 Å². The number of fused-ring (bicyclic) bond motifs is 1. The summed E-state index contributed by atoms with van der Waals surface area (Å²) in [6, 6.07) is 12.9. The van der Waals surface area contributed by atoms with Gasteiger partial charge >= 0.3 is 5.97 Å². The fraction of sp³-hybridized carbons (Fsp3) is 0.286. The molecule has 2 aromatic carbocycles. The highest BCUT2D eigenvalue weighted by molar-refractivity contribution is 7.08. The van der Waals surface area contributed by atoms with Crippen LogP contribution in [-0.4, -0.2) is 16.9 Å². The van der Waals surface area contributed by atoms with Crippen LogP contribution >= 0.6 is 11.3 Å². The number of benzene rings is 2. The van der Waals surface area contributed by atoms with Crippen molar-refractivity contribution < 1.29 is 14.7 Å². The molecule has 1 N–H and O–H groups in total. The van der Waals surface area contributed by atoms with E-state index >= 15 is 0 Å². The summed E-state index contributed by atoms with van der Waals surface area (Å²) in [5.41, 5.74) is 6.09. The molecule has 0 saturated heterocycles. The Balaban J connectivity index is 1.84. The van der Waals surface area contributed by atoms with Gasteiger partial charge in [0.25, 0.3) is 0 Å². The van der Waals surface area contributed by atoms with Crippen molar-refractivity contribution in [1.29, 1.82) is 0 Å². The van der Waals surface area contributed by atoms with Crippen molar-refractivity contribution in [3.63, 3.8) is 0 Å². The Morgan fingerprint density at radius 1 is 0.875 bits per heavy atom. The van der Waals surface area contributed by atoms with E-state index in [4.69, 9.17) is 5.11 Å². The van der Waals surface area contributed by atoms with E-state index in [0.29, 0.717) is 11.1 Å². The maximum atomic E-state index is 13.4. The van der Waals surface area contributed by atoms with E-state index in [1.54, 1.807) is 24.3 Å². The molecule has 0 radical (unpaired) electrons. The summed E-state index contributed by atoms with van der Waals surface area (Å²) < 4.78 is 0. The van der Waals surface area contributed by atoms with Crippen LogP contribution in [0.25, 0.3) is 12.2 Å². The van der Waals surface area contributed by atoms with Crippen LogP contribution in [0, 0.1) is 0 Å². The molecule has 1 heterocycles. The summed E-state index contributed by atoms with van der Waals surface area (Å²) in [5.74, 6) is -0.905. The smallest absolute Gasteiger partial charge is 0.335 e. The Labute approximate surface area is 193 Å². The van der Waals surface area contributed by atoms with Crippen molar-refractivity contribution >= 4 is 35.2 Å². The first-order chi connectivity index (χ1) is 15.1. The van der Waals surface area contributed by atoms with Crippen LogP contribution in [-0.2, 0) is 10.8 Å². The minimum atomic E-state index is -0.941. The molecule has 0 bridgehead atoms. The number of ketones is 1. The third-order valence-electron chi connectivity index (χ3n) is 6.66. The highest BCUT2D eigenvalue weighted by Gasteiger charge is 2.38. The number of carbonyl (C=O) groups excluding carboxylic acids is 1. The molecule has 0 aliphatic heterocycles. The quantitative estimate of drug-likeness (QED) is 0.334. The molecule has 4 rings (SSSR count). The molecule has 0 amide bonds. The average Bonchev–Trinajstić information content (AvgIpc) is 3.30. The molecule has 3 nitrogen and oxygen atoms in total. The molecule has 0 fully saturated rings. The van der Waals surface area contributed by atoms with Crippen LogP contribution in [0.2, 0.25) is 0 Å². The minimum Gasteiger partial charge on any atom is -0.478 e. The Morgan fingerprint density at radius 2 is 1.50 bits per heavy atom. The number of hydrogen-bond donors (Lipinski definition) is 1. The lowest BCUT2D eigenvalue weighted by Gasteiger charge is -2.42. The van der Waals surface area contributed by atoms with Gasteiger partial charge in [-0.15, -0.1) is 0 Å². The minimum absolute atomic E-state index is 0.0173. The van der Waals surface area contributed by atoms with Gasteiger partial charge in [-0.05, 0) is 75.6 Å². The van der Waals surface area contributed by atoms with E-state index in [-0.39, 0.29) is 22.2 Å². The lowest BCUT2D eigenvalue weighted by Crippen LogP contribution is -2.34. The zero-order valence-corrected chi connectivity index (χ0v) is 19.8. The van der Waals surface area contributed by atoms with Crippen molar-refractivity contribution in [2.24, 2.45) is 0 Å². The van der Waals surface area contributed by atoms with Crippen molar-refractivity contribution in [2.45, 2.75) is 51.4 Å². The summed E-state index contributed by atoms with van der Waals surface area (Å²) in [7, 11) is 0. The monoisotopic (exact) mass is 444 g/mol. The third-order valence-corrected chi connectivity index (χ3v) is 7.35. The van der Waals surface area contributed by atoms with Crippen molar-refractivity contribution in [3.8, 4) is 0 Å². The number of hydrogen-bond acceptors (Lipinski definition) is 3. The number of carbonyl (C=O) groups is 2. The lowest BCUT2D eigenvalue weighted by atomic mass is 9.62. The molecule has 0 unspecified atom stereocenters. The Bertz CT molecular complexity index is 1200. The fourth-order valence-electron chi connectivity index (χ4n) is 4.44. The summed E-state index contributed by atoms with van der Waals surface area (Å²) in [6.07, 6.45) is 6.11. The maximum Gasteiger partial charge on any atom is 0.335 e. The van der Waals surface area contributed by atoms with E-state index in [0.717, 1.165) is 24.0 Å². The predicted octanol–water partition coefficient (Wildman–Crippen LogP) is 7.20. The normalized spacial score (nSPS) is 16.6. The van der Waals surface area contributed by atoms with Crippen LogP contribution in [0.15, 0.2) is 53.2 Å². The van der Waals surface area contributed by atoms with Gasteiger partial charge in [-0.1, -0.05) is 58.0 Å². The number of aromatic carboxylic acids is 1. The average molecular weight is 445 g/mol. The van der Waals surface area contributed by atoms with Crippen molar-refractivity contribution in [1.82, 2.24) is 0 Å². The molecule has 164 valence electrons. The van der Waals surface area contributed by atoms with Gasteiger partial charge in [-0.3, -0.25) is 4.79 Å². The second-order valence-electron chi connectivity index (χ2n) is 9.85. The second-order valence-corrected chi connectivity index (χ2v) is 10.6. The first kappa shape index (κ1) is 22.2.